The van der Waals surface area contributed by atoms with Gasteiger partial charge in [0.2, 0.25) is 0 Å². The van der Waals surface area contributed by atoms with Gasteiger partial charge < -0.3 is 9.32 Å². The second-order valence-electron chi connectivity index (χ2n) is 14.1. The molecule has 0 aliphatic heterocycles. The number of fused-ring (bicyclic) bond motifs is 10. The number of anilines is 3. The Labute approximate surface area is 329 Å². The third-order valence-corrected chi connectivity index (χ3v) is 13.2. The standard InChI is InChI=1S/C50H29N3OS2/c1-3-14-30(15-4-1)46-49-47(37-21-10-12-25-44(37)56-49)52-50(51-46)33-27-40(45-38-26-31-16-7-8-17-32(31)28-41(38)54-42(45)29-33)53(34-18-5-2-6-19-34)39-23-13-22-36-35-20-9-11-24-43(35)55-48(36)39/h1-29H. The zero-order chi connectivity index (χ0) is 36.7. The van der Waals surface area contributed by atoms with E-state index >= 15 is 0 Å². The van der Waals surface area contributed by atoms with Crippen LogP contribution in [0.25, 0.3) is 95.8 Å². The molecule has 4 heterocycles. The van der Waals surface area contributed by atoms with Gasteiger partial charge in [-0.15, -0.1) is 22.7 Å². The van der Waals surface area contributed by atoms with Crippen LogP contribution in [0, 0.1) is 0 Å². The van der Waals surface area contributed by atoms with E-state index in [1.807, 2.05) is 17.4 Å². The number of furan rings is 1. The summed E-state index contributed by atoms with van der Waals surface area (Å²) in [6, 6.07) is 62.4. The number of aromatic nitrogens is 2. The summed E-state index contributed by atoms with van der Waals surface area (Å²) in [5, 5.41) is 8.05. The lowest BCUT2D eigenvalue weighted by atomic mass is 10.0. The summed E-state index contributed by atoms with van der Waals surface area (Å²) in [7, 11) is 0. The molecule has 0 saturated carbocycles. The molecule has 0 saturated heterocycles. The first-order valence-corrected chi connectivity index (χ1v) is 20.3. The predicted molar refractivity (Wildman–Crippen MR) is 238 cm³/mol. The Hall–Kier alpha value is -6.86. The van der Waals surface area contributed by atoms with Gasteiger partial charge in [-0.25, -0.2) is 9.97 Å². The van der Waals surface area contributed by atoms with Gasteiger partial charge >= 0.3 is 0 Å². The van der Waals surface area contributed by atoms with Crippen molar-refractivity contribution < 1.29 is 4.42 Å². The van der Waals surface area contributed by atoms with Crippen LogP contribution < -0.4 is 4.90 Å². The van der Waals surface area contributed by atoms with Crippen LogP contribution in [0.4, 0.5) is 17.1 Å². The Kier molecular flexibility index (Phi) is 6.93. The lowest BCUT2D eigenvalue weighted by molar-refractivity contribution is 0.669. The van der Waals surface area contributed by atoms with Crippen LogP contribution >= 0.6 is 22.7 Å². The van der Waals surface area contributed by atoms with E-state index in [1.54, 1.807) is 11.3 Å². The van der Waals surface area contributed by atoms with Crippen molar-refractivity contribution in [2.24, 2.45) is 0 Å². The maximum absolute atomic E-state index is 6.90. The first-order valence-electron chi connectivity index (χ1n) is 18.6. The molecule has 0 atom stereocenters. The van der Waals surface area contributed by atoms with Crippen LogP contribution in [0.5, 0.6) is 0 Å². The smallest absolute Gasteiger partial charge is 0.160 e. The van der Waals surface area contributed by atoms with Crippen molar-refractivity contribution in [1.29, 1.82) is 0 Å². The molecule has 0 N–H and O–H groups in total. The number of nitrogens with zero attached hydrogens (tertiary/aromatic N) is 3. The largest absolute Gasteiger partial charge is 0.456 e. The van der Waals surface area contributed by atoms with E-state index in [1.165, 1.54) is 30.3 Å². The number of hydrogen-bond donors (Lipinski definition) is 0. The highest BCUT2D eigenvalue weighted by molar-refractivity contribution is 7.26. The van der Waals surface area contributed by atoms with Gasteiger partial charge in [-0.1, -0.05) is 121 Å². The quantitative estimate of drug-likeness (QED) is 0.176. The number of hydrogen-bond acceptors (Lipinski definition) is 6. The van der Waals surface area contributed by atoms with E-state index in [0.29, 0.717) is 5.82 Å². The summed E-state index contributed by atoms with van der Waals surface area (Å²) >= 11 is 3.58. The van der Waals surface area contributed by atoms with Crippen molar-refractivity contribution in [3.8, 4) is 22.6 Å². The summed E-state index contributed by atoms with van der Waals surface area (Å²) in [4.78, 5) is 13.2. The zero-order valence-electron chi connectivity index (χ0n) is 29.8. The highest BCUT2D eigenvalue weighted by atomic mass is 32.1. The highest BCUT2D eigenvalue weighted by Gasteiger charge is 2.25. The molecule has 0 unspecified atom stereocenters. The first kappa shape index (κ1) is 31.5. The fourth-order valence-corrected chi connectivity index (χ4v) is 10.6. The van der Waals surface area contributed by atoms with Crippen molar-refractivity contribution in [2.75, 3.05) is 4.90 Å². The summed E-state index contributed by atoms with van der Waals surface area (Å²) in [6.45, 7) is 0. The van der Waals surface area contributed by atoms with E-state index < -0.39 is 0 Å². The summed E-state index contributed by atoms with van der Waals surface area (Å²) in [6.07, 6.45) is 0. The van der Waals surface area contributed by atoms with Crippen molar-refractivity contribution in [3.05, 3.63) is 176 Å². The van der Waals surface area contributed by atoms with Crippen LogP contribution in [-0.4, -0.2) is 9.97 Å². The maximum atomic E-state index is 6.90. The molecule has 8 aromatic carbocycles. The van der Waals surface area contributed by atoms with Crippen LogP contribution in [0.1, 0.15) is 0 Å². The molecule has 262 valence electrons. The van der Waals surface area contributed by atoms with Crippen LogP contribution in [0.3, 0.4) is 0 Å². The molecule has 0 fully saturated rings. The molecule has 4 nitrogen and oxygen atoms in total. The third kappa shape index (κ3) is 4.83. The Morgan fingerprint density at radius 3 is 1.93 bits per heavy atom. The molecule has 0 bridgehead atoms. The summed E-state index contributed by atoms with van der Waals surface area (Å²) < 4.78 is 11.7. The molecule has 0 amide bonds. The molecule has 0 spiro atoms. The lowest BCUT2D eigenvalue weighted by Crippen LogP contribution is -2.11. The number of thiophene rings is 2. The Morgan fingerprint density at radius 1 is 0.446 bits per heavy atom. The van der Waals surface area contributed by atoms with Crippen molar-refractivity contribution >= 4 is 113 Å². The molecule has 0 aliphatic rings. The van der Waals surface area contributed by atoms with E-state index in [0.717, 1.165) is 76.8 Å². The first-order chi connectivity index (χ1) is 27.7. The maximum Gasteiger partial charge on any atom is 0.160 e. The minimum Gasteiger partial charge on any atom is -0.456 e. The van der Waals surface area contributed by atoms with Crippen LogP contribution in [0.2, 0.25) is 0 Å². The second kappa shape index (κ2) is 12.3. The Bertz CT molecular complexity index is 3490. The van der Waals surface area contributed by atoms with Crippen LogP contribution in [0.15, 0.2) is 180 Å². The van der Waals surface area contributed by atoms with E-state index in [-0.39, 0.29) is 0 Å². The molecular weight excluding hydrogens is 723 g/mol. The van der Waals surface area contributed by atoms with E-state index in [4.69, 9.17) is 14.4 Å². The summed E-state index contributed by atoms with van der Waals surface area (Å²) in [5.41, 5.74) is 8.62. The van der Waals surface area contributed by atoms with Gasteiger partial charge in [0, 0.05) is 47.8 Å². The highest BCUT2D eigenvalue weighted by Crippen LogP contribution is 2.50. The Morgan fingerprint density at radius 2 is 1.11 bits per heavy atom. The minimum absolute atomic E-state index is 0.654. The minimum atomic E-state index is 0.654. The average Bonchev–Trinajstić information content (AvgIpc) is 3.94. The SMILES string of the molecule is c1ccc(-c2nc(-c3cc(N(c4ccccc4)c4cccc5c4sc4ccccc45)c4c(c3)oc3cc5ccccc5cc34)nc3c2sc2ccccc23)cc1. The number of para-hydroxylation sites is 1. The molecule has 12 rings (SSSR count). The molecule has 12 aromatic rings. The van der Waals surface area contributed by atoms with Gasteiger partial charge in [0.25, 0.3) is 0 Å². The van der Waals surface area contributed by atoms with Gasteiger partial charge in [0.05, 0.1) is 37.4 Å². The average molecular weight is 752 g/mol. The number of rotatable bonds is 5. The fraction of sp³-hybridized carbons (Fsp3) is 0. The third-order valence-electron chi connectivity index (χ3n) is 10.8. The molecule has 6 heteroatoms. The second-order valence-corrected chi connectivity index (χ2v) is 16.2. The molecule has 56 heavy (non-hydrogen) atoms. The molecule has 0 aliphatic carbocycles. The van der Waals surface area contributed by atoms with Gasteiger partial charge in [0.15, 0.2) is 5.82 Å². The van der Waals surface area contributed by atoms with Crippen LogP contribution in [-0.2, 0) is 0 Å². The van der Waals surface area contributed by atoms with Crippen molar-refractivity contribution in [2.45, 2.75) is 0 Å². The molecule has 4 aromatic heterocycles. The van der Waals surface area contributed by atoms with Crippen molar-refractivity contribution in [3.63, 3.8) is 0 Å². The van der Waals surface area contributed by atoms with E-state index in [2.05, 4.69) is 175 Å². The number of benzene rings is 8. The molecule has 0 radical (unpaired) electrons. The van der Waals surface area contributed by atoms with Gasteiger partial charge in [0.1, 0.15) is 11.2 Å². The predicted octanol–water partition coefficient (Wildman–Crippen LogP) is 15.1. The summed E-state index contributed by atoms with van der Waals surface area (Å²) in [5.74, 6) is 0.654. The van der Waals surface area contributed by atoms with Crippen molar-refractivity contribution in [1.82, 2.24) is 9.97 Å². The zero-order valence-corrected chi connectivity index (χ0v) is 31.4. The Balaban J connectivity index is 1.21. The molecular formula is C50H29N3OS2. The monoisotopic (exact) mass is 751 g/mol. The van der Waals surface area contributed by atoms with E-state index in [9.17, 15) is 0 Å². The topological polar surface area (TPSA) is 42.2 Å². The van der Waals surface area contributed by atoms with Gasteiger partial charge in [-0.05, 0) is 65.4 Å². The fourth-order valence-electron chi connectivity index (χ4n) is 8.28. The van der Waals surface area contributed by atoms with Gasteiger partial charge in [-0.3, -0.25) is 0 Å². The lowest BCUT2D eigenvalue weighted by Gasteiger charge is -2.27. The normalized spacial score (nSPS) is 11.9. The van der Waals surface area contributed by atoms with Gasteiger partial charge in [-0.2, -0.15) is 0 Å².